The third kappa shape index (κ3) is 8.73. The highest BCUT2D eigenvalue weighted by Crippen LogP contribution is 2.36. The molecule has 0 aliphatic carbocycles. The lowest BCUT2D eigenvalue weighted by atomic mass is 10.0. The lowest BCUT2D eigenvalue weighted by Crippen LogP contribution is -2.46. The number of amides is 2. The largest absolute Gasteiger partial charge is 0.416 e. The Morgan fingerprint density at radius 3 is 2.05 bits per heavy atom. The van der Waals surface area contributed by atoms with Gasteiger partial charge < -0.3 is 20.3 Å². The van der Waals surface area contributed by atoms with Crippen molar-refractivity contribution in [2.24, 2.45) is 0 Å². The highest BCUT2D eigenvalue weighted by atomic mass is 19.4. The summed E-state index contributed by atoms with van der Waals surface area (Å²) in [7, 11) is 1.53. The predicted molar refractivity (Wildman–Crippen MR) is 154 cm³/mol. The molecule has 3 aromatic rings. The smallest absolute Gasteiger partial charge is 0.385 e. The number of methoxy groups -OCH3 is 1. The van der Waals surface area contributed by atoms with E-state index in [0.717, 1.165) is 19.6 Å². The molecule has 0 bridgehead atoms. The molecular formula is C31H32F6N4O3. The monoisotopic (exact) mass is 622 g/mol. The van der Waals surface area contributed by atoms with E-state index in [0.29, 0.717) is 50.5 Å². The van der Waals surface area contributed by atoms with Crippen LogP contribution in [0.4, 0.5) is 37.7 Å². The summed E-state index contributed by atoms with van der Waals surface area (Å²) in [5.74, 6) is -1.63. The number of nitrogens with zero attached hydrogens (tertiary/aromatic N) is 2. The number of hydrogen-bond donors (Lipinski definition) is 2. The summed E-state index contributed by atoms with van der Waals surface area (Å²) in [6, 6.07) is 15.1. The minimum Gasteiger partial charge on any atom is -0.385 e. The number of carbonyl (C=O) groups excluding carboxylic acids is 2. The Bertz CT molecular complexity index is 1410. The lowest BCUT2D eigenvalue weighted by molar-refractivity contribution is -0.143. The number of benzene rings is 3. The third-order valence-electron chi connectivity index (χ3n) is 7.12. The minimum absolute atomic E-state index is 0.0366. The third-order valence-corrected chi connectivity index (χ3v) is 7.12. The number of ether oxygens (including phenoxy) is 1. The van der Waals surface area contributed by atoms with Gasteiger partial charge in [-0.2, -0.15) is 26.3 Å². The molecule has 1 heterocycles. The summed E-state index contributed by atoms with van der Waals surface area (Å²) in [5, 5.41) is 5.15. The molecule has 1 fully saturated rings. The van der Waals surface area contributed by atoms with Crippen LogP contribution in [0.5, 0.6) is 0 Å². The van der Waals surface area contributed by atoms with Crippen molar-refractivity contribution in [3.63, 3.8) is 0 Å². The van der Waals surface area contributed by atoms with Crippen molar-refractivity contribution in [2.45, 2.75) is 25.3 Å². The van der Waals surface area contributed by atoms with E-state index in [2.05, 4.69) is 27.7 Å². The predicted octanol–water partition coefficient (Wildman–Crippen LogP) is 6.07. The maximum absolute atomic E-state index is 13.3. The number of alkyl halides is 6. The second-order valence-corrected chi connectivity index (χ2v) is 10.3. The first-order valence-electron chi connectivity index (χ1n) is 13.9. The van der Waals surface area contributed by atoms with Crippen molar-refractivity contribution in [1.29, 1.82) is 0 Å². The minimum atomic E-state index is -5.10. The molecule has 0 saturated carbocycles. The van der Waals surface area contributed by atoms with Crippen LogP contribution in [0.2, 0.25) is 0 Å². The van der Waals surface area contributed by atoms with Gasteiger partial charge in [0.15, 0.2) is 0 Å². The van der Waals surface area contributed by atoms with E-state index >= 15 is 0 Å². The molecule has 236 valence electrons. The van der Waals surface area contributed by atoms with Crippen LogP contribution in [0, 0.1) is 0 Å². The van der Waals surface area contributed by atoms with Crippen LogP contribution in [-0.4, -0.2) is 63.2 Å². The van der Waals surface area contributed by atoms with Crippen molar-refractivity contribution >= 4 is 23.2 Å². The lowest BCUT2D eigenvalue weighted by Gasteiger charge is -2.37. The molecule has 1 aliphatic rings. The SMILES string of the molecule is COCCCNC(=O)c1cc(NC(=O)c2cc(C(F)(F)F)cc(C(F)(F)F)c2)ccc1N1CCN(Cc2ccccc2)CC1. The number of anilines is 2. The molecule has 0 unspecified atom stereocenters. The topological polar surface area (TPSA) is 73.9 Å². The van der Waals surface area contributed by atoms with Crippen LogP contribution in [0.15, 0.2) is 66.7 Å². The van der Waals surface area contributed by atoms with Crippen LogP contribution in [0.1, 0.15) is 43.8 Å². The van der Waals surface area contributed by atoms with Crippen molar-refractivity contribution in [3.8, 4) is 0 Å². The molecule has 0 aromatic heterocycles. The number of nitrogens with one attached hydrogen (secondary N) is 2. The molecule has 2 N–H and O–H groups in total. The Morgan fingerprint density at radius 1 is 0.818 bits per heavy atom. The Kier molecular flexibility index (Phi) is 10.5. The molecule has 7 nitrogen and oxygen atoms in total. The summed E-state index contributed by atoms with van der Waals surface area (Å²) in [4.78, 5) is 30.5. The van der Waals surface area contributed by atoms with Gasteiger partial charge in [-0.05, 0) is 48.4 Å². The van der Waals surface area contributed by atoms with E-state index in [-0.39, 0.29) is 17.3 Å². The number of piperazine rings is 1. The second kappa shape index (κ2) is 14.1. The van der Waals surface area contributed by atoms with E-state index in [1.165, 1.54) is 24.8 Å². The van der Waals surface area contributed by atoms with Crippen LogP contribution >= 0.6 is 0 Å². The van der Waals surface area contributed by atoms with Gasteiger partial charge in [-0.1, -0.05) is 30.3 Å². The Labute approximate surface area is 250 Å². The van der Waals surface area contributed by atoms with E-state index in [9.17, 15) is 35.9 Å². The highest BCUT2D eigenvalue weighted by Gasteiger charge is 2.37. The zero-order valence-corrected chi connectivity index (χ0v) is 23.9. The first-order chi connectivity index (χ1) is 20.8. The molecule has 44 heavy (non-hydrogen) atoms. The van der Waals surface area contributed by atoms with Gasteiger partial charge in [-0.3, -0.25) is 14.5 Å². The number of halogens is 6. The number of rotatable bonds is 10. The zero-order valence-electron chi connectivity index (χ0n) is 23.9. The fraction of sp³-hybridized carbons (Fsp3) is 0.355. The Balaban J connectivity index is 1.56. The Morgan fingerprint density at radius 2 is 1.45 bits per heavy atom. The van der Waals surface area contributed by atoms with Crippen molar-refractivity contribution in [1.82, 2.24) is 10.2 Å². The zero-order chi connectivity index (χ0) is 31.9. The van der Waals surface area contributed by atoms with E-state index < -0.39 is 40.9 Å². The van der Waals surface area contributed by atoms with E-state index in [1.807, 2.05) is 23.1 Å². The van der Waals surface area contributed by atoms with Crippen molar-refractivity contribution < 1.29 is 40.7 Å². The number of carbonyl (C=O) groups is 2. The molecular weight excluding hydrogens is 590 g/mol. The quantitative estimate of drug-likeness (QED) is 0.212. The molecule has 1 aliphatic heterocycles. The van der Waals surface area contributed by atoms with Crippen LogP contribution in [0.3, 0.4) is 0 Å². The fourth-order valence-electron chi connectivity index (χ4n) is 4.86. The van der Waals surface area contributed by atoms with Gasteiger partial charge in [0.1, 0.15) is 0 Å². The summed E-state index contributed by atoms with van der Waals surface area (Å²) in [6.45, 7) is 4.15. The van der Waals surface area contributed by atoms with Gasteiger partial charge in [0.25, 0.3) is 11.8 Å². The first kappa shape index (κ1) is 32.8. The summed E-state index contributed by atoms with van der Waals surface area (Å²) >= 11 is 0. The van der Waals surface area contributed by atoms with Gasteiger partial charge in [-0.15, -0.1) is 0 Å². The molecule has 4 rings (SSSR count). The first-order valence-corrected chi connectivity index (χ1v) is 13.9. The van der Waals surface area contributed by atoms with E-state index in [1.54, 1.807) is 6.07 Å². The normalized spacial score (nSPS) is 14.4. The average Bonchev–Trinajstić information content (AvgIpc) is 2.99. The molecule has 3 aromatic carbocycles. The van der Waals surface area contributed by atoms with Crippen molar-refractivity contribution in [3.05, 3.63) is 94.5 Å². The maximum Gasteiger partial charge on any atom is 0.416 e. The summed E-state index contributed by atoms with van der Waals surface area (Å²) in [5.41, 5.74) is -2.02. The Hall–Kier alpha value is -4.10. The van der Waals surface area contributed by atoms with Crippen molar-refractivity contribution in [2.75, 3.05) is 56.7 Å². The molecule has 1 saturated heterocycles. The van der Waals surface area contributed by atoms with Gasteiger partial charge in [-0.25, -0.2) is 0 Å². The van der Waals surface area contributed by atoms with E-state index in [4.69, 9.17) is 4.74 Å². The second-order valence-electron chi connectivity index (χ2n) is 10.3. The fourth-order valence-corrected chi connectivity index (χ4v) is 4.86. The maximum atomic E-state index is 13.3. The van der Waals surface area contributed by atoms with Crippen LogP contribution in [0.25, 0.3) is 0 Å². The summed E-state index contributed by atoms with van der Waals surface area (Å²) in [6.07, 6.45) is -9.66. The highest BCUT2D eigenvalue weighted by molar-refractivity contribution is 6.06. The van der Waals surface area contributed by atoms with Gasteiger partial charge in [0, 0.05) is 69.9 Å². The van der Waals surface area contributed by atoms with Crippen LogP contribution in [-0.2, 0) is 23.6 Å². The van der Waals surface area contributed by atoms with Gasteiger partial charge in [0.2, 0.25) is 0 Å². The van der Waals surface area contributed by atoms with Crippen LogP contribution < -0.4 is 15.5 Å². The molecule has 13 heteroatoms. The molecule has 2 amide bonds. The molecule has 0 atom stereocenters. The number of hydrogen-bond acceptors (Lipinski definition) is 5. The summed E-state index contributed by atoms with van der Waals surface area (Å²) < 4.78 is 84.9. The molecule has 0 spiro atoms. The average molecular weight is 623 g/mol. The molecule has 0 radical (unpaired) electrons. The standard InChI is InChI=1S/C31H32F6N4O3/c1-44-15-5-10-38-29(43)26-19-25(39-28(42)22-16-23(30(32,33)34)18-24(17-22)31(35,36)37)8-9-27(26)41-13-11-40(12-14-41)20-21-6-3-2-4-7-21/h2-4,6-9,16-19H,5,10-15,20H2,1H3,(H,38,43)(H,39,42). The van der Waals surface area contributed by atoms with Gasteiger partial charge in [0.05, 0.1) is 16.7 Å². The van der Waals surface area contributed by atoms with Gasteiger partial charge >= 0.3 is 12.4 Å².